The lowest BCUT2D eigenvalue weighted by atomic mass is 10.1. The van der Waals surface area contributed by atoms with Crippen LogP contribution in [-0.2, 0) is 4.79 Å². The van der Waals surface area contributed by atoms with Crippen LogP contribution in [0.25, 0.3) is 0 Å². The summed E-state index contributed by atoms with van der Waals surface area (Å²) in [6.45, 7) is 5.50. The van der Waals surface area contributed by atoms with E-state index in [2.05, 4.69) is 32.7 Å². The molecule has 3 rings (SSSR count). The van der Waals surface area contributed by atoms with E-state index >= 15 is 0 Å². The van der Waals surface area contributed by atoms with Gasteiger partial charge in [-0.15, -0.1) is 0 Å². The van der Waals surface area contributed by atoms with E-state index in [1.807, 2.05) is 38.1 Å². The van der Waals surface area contributed by atoms with Crippen molar-refractivity contribution in [3.8, 4) is 6.07 Å². The number of nitriles is 1. The molecule has 1 amide bonds. The van der Waals surface area contributed by atoms with Gasteiger partial charge in [-0.25, -0.2) is 9.97 Å². The predicted molar refractivity (Wildman–Crippen MR) is 111 cm³/mol. The first kappa shape index (κ1) is 19.4. The predicted octanol–water partition coefficient (Wildman–Crippen LogP) is 4.82. The number of aryl methyl sites for hydroxylation is 2. The monoisotopic (exact) mass is 389 g/mol. The van der Waals surface area contributed by atoms with Crippen LogP contribution in [0.1, 0.15) is 23.6 Å². The van der Waals surface area contributed by atoms with Gasteiger partial charge in [-0.05, 0) is 61.4 Å². The number of carbonyl (C=O) groups excluding carboxylic acids is 1. The minimum atomic E-state index is -0.213. The molecule has 1 heterocycles. The van der Waals surface area contributed by atoms with Gasteiger partial charge < -0.3 is 10.6 Å². The first-order chi connectivity index (χ1) is 13.4. The fourth-order valence-corrected chi connectivity index (χ4v) is 3.55. The van der Waals surface area contributed by atoms with Crippen LogP contribution in [0.15, 0.2) is 58.6 Å². The maximum atomic E-state index is 11.2. The Hall–Kier alpha value is -3.37. The molecule has 0 saturated heterocycles. The summed E-state index contributed by atoms with van der Waals surface area (Å²) in [7, 11) is 0. The molecule has 0 saturated carbocycles. The summed E-state index contributed by atoms with van der Waals surface area (Å²) < 4.78 is 0. The van der Waals surface area contributed by atoms with Crippen molar-refractivity contribution in [2.45, 2.75) is 30.7 Å². The number of nitrogens with zero attached hydrogens (tertiary/aromatic N) is 3. The van der Waals surface area contributed by atoms with Gasteiger partial charge in [0, 0.05) is 23.7 Å². The van der Waals surface area contributed by atoms with Gasteiger partial charge in [0.05, 0.1) is 11.3 Å². The van der Waals surface area contributed by atoms with Crippen molar-refractivity contribution < 1.29 is 4.79 Å². The van der Waals surface area contributed by atoms with Crippen LogP contribution in [0, 0.1) is 25.2 Å². The van der Waals surface area contributed by atoms with Crippen LogP contribution in [0.2, 0.25) is 0 Å². The second kappa shape index (κ2) is 8.55. The Morgan fingerprint density at radius 3 is 2.54 bits per heavy atom. The summed E-state index contributed by atoms with van der Waals surface area (Å²) >= 11 is 1.42. The van der Waals surface area contributed by atoms with E-state index in [0.717, 1.165) is 26.7 Å². The molecule has 7 heteroatoms. The van der Waals surface area contributed by atoms with Crippen molar-refractivity contribution in [1.82, 2.24) is 9.97 Å². The van der Waals surface area contributed by atoms with E-state index in [1.54, 1.807) is 18.3 Å². The Morgan fingerprint density at radius 1 is 1.11 bits per heavy atom. The van der Waals surface area contributed by atoms with Crippen LogP contribution < -0.4 is 10.6 Å². The van der Waals surface area contributed by atoms with E-state index in [1.165, 1.54) is 18.7 Å². The van der Waals surface area contributed by atoms with Crippen LogP contribution in [0.3, 0.4) is 0 Å². The van der Waals surface area contributed by atoms with Gasteiger partial charge in [0.15, 0.2) is 0 Å². The van der Waals surface area contributed by atoms with Gasteiger partial charge in [-0.2, -0.15) is 5.26 Å². The largest absolute Gasteiger partial charge is 0.325 e. The molecule has 0 fully saturated rings. The molecule has 0 unspecified atom stereocenters. The molecule has 6 nitrogen and oxygen atoms in total. The summed E-state index contributed by atoms with van der Waals surface area (Å²) in [5.41, 5.74) is 4.17. The molecule has 1 aromatic heterocycles. The van der Waals surface area contributed by atoms with Crippen LogP contribution in [-0.4, -0.2) is 15.9 Å². The Balaban J connectivity index is 1.79. The van der Waals surface area contributed by atoms with Gasteiger partial charge >= 0.3 is 0 Å². The molecule has 2 N–H and O–H groups in total. The number of aromatic nitrogens is 2. The molecule has 0 aliphatic heterocycles. The van der Waals surface area contributed by atoms with Gasteiger partial charge in [-0.3, -0.25) is 4.79 Å². The third-order valence-electron chi connectivity index (χ3n) is 3.75. The Labute approximate surface area is 168 Å². The maximum Gasteiger partial charge on any atom is 0.228 e. The van der Waals surface area contributed by atoms with E-state index in [4.69, 9.17) is 0 Å². The van der Waals surface area contributed by atoms with E-state index < -0.39 is 0 Å². The number of hydrogen-bond acceptors (Lipinski definition) is 6. The molecule has 3 aromatic rings. The highest BCUT2D eigenvalue weighted by Crippen LogP contribution is 2.30. The Morgan fingerprint density at radius 2 is 1.86 bits per heavy atom. The molecule has 0 spiro atoms. The lowest BCUT2D eigenvalue weighted by Gasteiger charge is -2.09. The number of hydrogen-bond donors (Lipinski definition) is 2. The molecule has 0 aliphatic rings. The fourth-order valence-electron chi connectivity index (χ4n) is 2.73. The van der Waals surface area contributed by atoms with E-state index in [-0.39, 0.29) is 5.91 Å². The normalized spacial score (nSPS) is 10.2. The molecule has 0 atom stereocenters. The molecule has 28 heavy (non-hydrogen) atoms. The zero-order chi connectivity index (χ0) is 20.1. The minimum absolute atomic E-state index is 0.213. The van der Waals surface area contributed by atoms with Crippen molar-refractivity contribution in [1.29, 1.82) is 5.26 Å². The summed E-state index contributed by atoms with van der Waals surface area (Å²) in [5, 5.41) is 16.0. The average molecular weight is 389 g/mol. The SMILES string of the molecule is CC(=O)Nc1ccc(Sc2ccnc(Nc3cc(C)cc(C)c3)n2)cc1C#N. The number of carbonyl (C=O) groups is 1. The minimum Gasteiger partial charge on any atom is -0.325 e. The van der Waals surface area contributed by atoms with Crippen molar-refractivity contribution >= 4 is 35.0 Å². The number of anilines is 3. The standard InChI is InChI=1S/C21H19N5OS/c1-13-8-14(2)10-17(9-13)25-21-23-7-6-20(26-21)28-18-4-5-19(24-15(3)27)16(11-18)12-22/h4-11H,1-3H3,(H,24,27)(H,23,25,26). The second-order valence-corrected chi connectivity index (χ2v) is 7.42. The summed E-state index contributed by atoms with van der Waals surface area (Å²) in [5.74, 6) is 0.292. The number of amides is 1. The molecular weight excluding hydrogens is 370 g/mol. The van der Waals surface area contributed by atoms with Gasteiger partial charge in [0.2, 0.25) is 11.9 Å². The molecule has 0 radical (unpaired) electrons. The zero-order valence-corrected chi connectivity index (χ0v) is 16.6. The second-order valence-electron chi connectivity index (χ2n) is 6.32. The van der Waals surface area contributed by atoms with Crippen LogP contribution in [0.5, 0.6) is 0 Å². The average Bonchev–Trinajstić information content (AvgIpc) is 2.62. The summed E-state index contributed by atoms with van der Waals surface area (Å²) in [6, 6.07) is 15.4. The number of benzene rings is 2. The van der Waals surface area contributed by atoms with Crippen LogP contribution in [0.4, 0.5) is 17.3 Å². The smallest absolute Gasteiger partial charge is 0.228 e. The fraction of sp³-hybridized carbons (Fsp3) is 0.143. The molecule has 140 valence electrons. The first-order valence-electron chi connectivity index (χ1n) is 8.61. The maximum absolute atomic E-state index is 11.2. The van der Waals surface area contributed by atoms with Gasteiger partial charge in [-0.1, -0.05) is 17.8 Å². The first-order valence-corrected chi connectivity index (χ1v) is 9.42. The number of nitrogens with one attached hydrogen (secondary N) is 2. The third-order valence-corrected chi connectivity index (χ3v) is 4.68. The Kier molecular flexibility index (Phi) is 5.92. The van der Waals surface area contributed by atoms with Crippen molar-refractivity contribution in [2.75, 3.05) is 10.6 Å². The third kappa shape index (κ3) is 5.09. The lowest BCUT2D eigenvalue weighted by molar-refractivity contribution is -0.114. The van der Waals surface area contributed by atoms with E-state index in [9.17, 15) is 10.1 Å². The van der Waals surface area contributed by atoms with Gasteiger partial charge in [0.25, 0.3) is 0 Å². The van der Waals surface area contributed by atoms with Crippen molar-refractivity contribution in [3.05, 3.63) is 65.4 Å². The highest BCUT2D eigenvalue weighted by Gasteiger charge is 2.08. The zero-order valence-electron chi connectivity index (χ0n) is 15.8. The van der Waals surface area contributed by atoms with Gasteiger partial charge in [0.1, 0.15) is 11.1 Å². The highest BCUT2D eigenvalue weighted by molar-refractivity contribution is 7.99. The quantitative estimate of drug-likeness (QED) is 0.608. The topological polar surface area (TPSA) is 90.7 Å². The highest BCUT2D eigenvalue weighted by atomic mass is 32.2. The molecule has 2 aromatic carbocycles. The molecular formula is C21H19N5OS. The molecule has 0 bridgehead atoms. The lowest BCUT2D eigenvalue weighted by Crippen LogP contribution is -2.07. The van der Waals surface area contributed by atoms with Crippen molar-refractivity contribution in [3.63, 3.8) is 0 Å². The van der Waals surface area contributed by atoms with Crippen molar-refractivity contribution in [2.24, 2.45) is 0 Å². The number of rotatable bonds is 5. The summed E-state index contributed by atoms with van der Waals surface area (Å²) in [6.07, 6.45) is 1.69. The summed E-state index contributed by atoms with van der Waals surface area (Å²) in [4.78, 5) is 20.9. The molecule has 0 aliphatic carbocycles. The van der Waals surface area contributed by atoms with E-state index in [0.29, 0.717) is 17.2 Å². The Bertz CT molecular complexity index is 1050. The van der Waals surface area contributed by atoms with Crippen LogP contribution >= 0.6 is 11.8 Å².